The van der Waals surface area contributed by atoms with E-state index in [9.17, 15) is 14.7 Å². The smallest absolute Gasteiger partial charge is 0.326 e. The summed E-state index contributed by atoms with van der Waals surface area (Å²) in [6.07, 6.45) is 0.399. The molecule has 1 aliphatic rings. The van der Waals surface area contributed by atoms with E-state index >= 15 is 0 Å². The quantitative estimate of drug-likeness (QED) is 0.491. The minimum atomic E-state index is -1.01. The molecule has 0 radical (unpaired) electrons. The van der Waals surface area contributed by atoms with Gasteiger partial charge in [0, 0.05) is 16.8 Å². The van der Waals surface area contributed by atoms with Crippen molar-refractivity contribution in [3.63, 3.8) is 0 Å². The number of amides is 1. The monoisotopic (exact) mass is 450 g/mol. The van der Waals surface area contributed by atoms with Crippen molar-refractivity contribution in [2.45, 2.75) is 25.9 Å². The highest BCUT2D eigenvalue weighted by Gasteiger charge is 2.22. The zero-order valence-electron chi connectivity index (χ0n) is 17.9. The van der Waals surface area contributed by atoms with Crippen LogP contribution in [0.1, 0.15) is 29.3 Å². The fraction of sp³-hybridized carbons (Fsp3) is 0.280. The Morgan fingerprint density at radius 3 is 2.66 bits per heavy atom. The number of thioether (sulfide) groups is 1. The van der Waals surface area contributed by atoms with Gasteiger partial charge in [0.15, 0.2) is 6.73 Å². The number of anilines is 1. The van der Waals surface area contributed by atoms with E-state index in [0.29, 0.717) is 31.0 Å². The normalized spacial score (nSPS) is 13.8. The van der Waals surface area contributed by atoms with E-state index in [1.165, 1.54) is 10.8 Å². The van der Waals surface area contributed by atoms with E-state index in [1.807, 2.05) is 37.3 Å². The largest absolute Gasteiger partial charge is 0.480 e. The van der Waals surface area contributed by atoms with Crippen LogP contribution < -0.4 is 15.0 Å². The summed E-state index contributed by atoms with van der Waals surface area (Å²) in [6.45, 7) is 3.15. The average Bonchev–Trinajstić information content (AvgIpc) is 2.83. The summed E-state index contributed by atoms with van der Waals surface area (Å²) in [4.78, 5) is 26.2. The summed E-state index contributed by atoms with van der Waals surface area (Å²) in [5.41, 5.74) is 2.52. The van der Waals surface area contributed by atoms with Crippen molar-refractivity contribution in [3.8, 4) is 5.75 Å². The van der Waals surface area contributed by atoms with Crippen molar-refractivity contribution >= 4 is 40.1 Å². The van der Waals surface area contributed by atoms with Crippen LogP contribution in [0.2, 0.25) is 0 Å². The minimum Gasteiger partial charge on any atom is -0.480 e. The lowest BCUT2D eigenvalue weighted by atomic mass is 10.0. The van der Waals surface area contributed by atoms with Crippen LogP contribution in [0.25, 0.3) is 10.8 Å². The van der Waals surface area contributed by atoms with Crippen molar-refractivity contribution in [1.29, 1.82) is 0 Å². The molecule has 0 fully saturated rings. The number of carboxylic acid groups (broad SMARTS) is 1. The van der Waals surface area contributed by atoms with E-state index in [-0.39, 0.29) is 5.91 Å². The van der Waals surface area contributed by atoms with Gasteiger partial charge in [-0.2, -0.15) is 11.8 Å². The van der Waals surface area contributed by atoms with Crippen molar-refractivity contribution in [2.24, 2.45) is 0 Å². The topological polar surface area (TPSA) is 78.9 Å². The van der Waals surface area contributed by atoms with Gasteiger partial charge >= 0.3 is 5.97 Å². The molecule has 2 N–H and O–H groups in total. The van der Waals surface area contributed by atoms with Gasteiger partial charge < -0.3 is 20.1 Å². The Morgan fingerprint density at radius 2 is 1.91 bits per heavy atom. The third kappa shape index (κ3) is 4.83. The number of carbonyl (C=O) groups excluding carboxylic acids is 1. The maximum absolute atomic E-state index is 12.6. The number of ether oxygens (including phenoxy) is 1. The second kappa shape index (κ2) is 9.96. The number of hydrogen-bond acceptors (Lipinski definition) is 5. The molecule has 1 amide bonds. The molecule has 0 spiro atoms. The summed E-state index contributed by atoms with van der Waals surface area (Å²) >= 11 is 1.66. The predicted molar refractivity (Wildman–Crippen MR) is 129 cm³/mol. The number of benzene rings is 3. The highest BCUT2D eigenvalue weighted by atomic mass is 32.2. The van der Waals surface area contributed by atoms with E-state index in [4.69, 9.17) is 4.74 Å². The first kappa shape index (κ1) is 22.0. The van der Waals surface area contributed by atoms with Crippen LogP contribution in [-0.4, -0.2) is 41.3 Å². The number of nitrogens with one attached hydrogen (secondary N) is 1. The molecule has 0 saturated heterocycles. The van der Waals surface area contributed by atoms with Gasteiger partial charge in [-0.15, -0.1) is 0 Å². The Morgan fingerprint density at radius 1 is 1.12 bits per heavy atom. The number of hydrogen-bond donors (Lipinski definition) is 2. The Kier molecular flexibility index (Phi) is 6.85. The molecule has 3 aromatic rings. The lowest BCUT2D eigenvalue weighted by molar-refractivity contribution is -0.139. The summed E-state index contributed by atoms with van der Waals surface area (Å²) < 4.78 is 5.98. The Labute approximate surface area is 191 Å². The van der Waals surface area contributed by atoms with Gasteiger partial charge in [0.2, 0.25) is 0 Å². The van der Waals surface area contributed by atoms with Crippen molar-refractivity contribution in [1.82, 2.24) is 5.32 Å². The molecule has 166 valence electrons. The lowest BCUT2D eigenvalue weighted by Crippen LogP contribution is -2.41. The fourth-order valence-electron chi connectivity index (χ4n) is 3.83. The Balaban J connectivity index is 1.45. The second-order valence-electron chi connectivity index (χ2n) is 7.63. The molecule has 0 saturated carbocycles. The zero-order valence-corrected chi connectivity index (χ0v) is 18.7. The summed E-state index contributed by atoms with van der Waals surface area (Å²) in [6, 6.07) is 18.6. The molecular weight excluding hydrogens is 424 g/mol. The first-order valence-corrected chi connectivity index (χ1v) is 11.8. The fourth-order valence-corrected chi connectivity index (χ4v) is 4.52. The van der Waals surface area contributed by atoms with Crippen LogP contribution >= 0.6 is 11.8 Å². The summed E-state index contributed by atoms with van der Waals surface area (Å²) in [7, 11) is 0. The molecule has 0 aliphatic carbocycles. The molecule has 0 aromatic heterocycles. The number of aliphatic carboxylic acids is 1. The molecule has 6 nitrogen and oxygen atoms in total. The van der Waals surface area contributed by atoms with Crippen LogP contribution in [0.15, 0.2) is 60.7 Å². The van der Waals surface area contributed by atoms with Crippen molar-refractivity contribution in [3.05, 3.63) is 71.8 Å². The third-order valence-electron chi connectivity index (χ3n) is 5.58. The number of nitrogens with zero attached hydrogens (tertiary/aromatic N) is 1. The van der Waals surface area contributed by atoms with E-state index in [1.54, 1.807) is 23.9 Å². The summed E-state index contributed by atoms with van der Waals surface area (Å²) in [5.74, 6) is 1.12. The predicted octanol–water partition coefficient (Wildman–Crippen LogP) is 4.52. The highest BCUT2D eigenvalue weighted by Crippen LogP contribution is 2.34. The van der Waals surface area contributed by atoms with Crippen molar-refractivity contribution < 1.29 is 19.4 Å². The van der Waals surface area contributed by atoms with Crippen molar-refractivity contribution in [2.75, 3.05) is 23.1 Å². The lowest BCUT2D eigenvalue weighted by Gasteiger charge is -2.31. The molecule has 1 unspecified atom stereocenters. The van der Waals surface area contributed by atoms with E-state index in [2.05, 4.69) is 28.4 Å². The zero-order chi connectivity index (χ0) is 22.5. The highest BCUT2D eigenvalue weighted by molar-refractivity contribution is 7.99. The van der Waals surface area contributed by atoms with Gasteiger partial charge in [-0.3, -0.25) is 4.79 Å². The standard InChI is InChI=1S/C25H26N2O4S/c1-2-32-14-13-22(25(29)30)26-24(28)18-7-10-19(11-8-18)27-15-21-20-6-4-3-5-17(20)9-12-23(21)31-16-27/h3-12,22H,2,13-16H2,1H3,(H,26,28)(H,29,30). The number of fused-ring (bicyclic) bond motifs is 3. The van der Waals surface area contributed by atoms with Crippen LogP contribution in [0, 0.1) is 0 Å². The van der Waals surface area contributed by atoms with Crippen LogP contribution in [0.3, 0.4) is 0 Å². The maximum atomic E-state index is 12.6. The molecule has 0 bridgehead atoms. The molecule has 1 aliphatic heterocycles. The first-order valence-electron chi connectivity index (χ1n) is 10.7. The SMILES string of the molecule is CCSCCC(NC(=O)c1ccc(N2COc3ccc4ccccc4c3C2)cc1)C(=O)O. The summed E-state index contributed by atoms with van der Waals surface area (Å²) in [5, 5.41) is 14.4. The van der Waals surface area contributed by atoms with Gasteiger partial charge in [0.1, 0.15) is 11.8 Å². The van der Waals surface area contributed by atoms with Gasteiger partial charge in [-0.1, -0.05) is 37.3 Å². The Hall–Kier alpha value is -3.19. The molecule has 1 heterocycles. The number of carbonyl (C=O) groups is 2. The van der Waals surface area contributed by atoms with E-state index < -0.39 is 12.0 Å². The van der Waals surface area contributed by atoms with Gasteiger partial charge in [0.25, 0.3) is 5.91 Å². The number of carboxylic acids is 1. The maximum Gasteiger partial charge on any atom is 0.326 e. The van der Waals surface area contributed by atoms with Gasteiger partial charge in [-0.05, 0) is 59.0 Å². The second-order valence-corrected chi connectivity index (χ2v) is 9.03. The molecular formula is C25H26N2O4S. The minimum absolute atomic E-state index is 0.378. The van der Waals surface area contributed by atoms with Crippen LogP contribution in [0.4, 0.5) is 5.69 Å². The first-order chi connectivity index (χ1) is 15.6. The average molecular weight is 451 g/mol. The van der Waals surface area contributed by atoms with Gasteiger partial charge in [0.05, 0.1) is 6.54 Å². The molecule has 3 aromatic carbocycles. The van der Waals surface area contributed by atoms with Gasteiger partial charge in [-0.25, -0.2) is 4.79 Å². The molecule has 1 atom stereocenters. The third-order valence-corrected chi connectivity index (χ3v) is 6.51. The van der Waals surface area contributed by atoms with Crippen LogP contribution in [0.5, 0.6) is 5.75 Å². The van der Waals surface area contributed by atoms with E-state index in [0.717, 1.165) is 22.8 Å². The molecule has 32 heavy (non-hydrogen) atoms. The van der Waals surface area contributed by atoms with Crippen LogP contribution in [-0.2, 0) is 11.3 Å². The molecule has 4 rings (SSSR count). The molecule has 7 heteroatoms. The number of rotatable bonds is 8. The Bertz CT molecular complexity index is 1120.